The highest BCUT2D eigenvalue weighted by Crippen LogP contribution is 2.29. The van der Waals surface area contributed by atoms with Crippen molar-refractivity contribution in [3.8, 4) is 17.0 Å². The van der Waals surface area contributed by atoms with Gasteiger partial charge in [-0.15, -0.1) is 11.3 Å². The van der Waals surface area contributed by atoms with Crippen LogP contribution in [0.4, 0.5) is 5.13 Å². The number of hydrogen-bond donors (Lipinski definition) is 1. The molecule has 130 valence electrons. The van der Waals surface area contributed by atoms with E-state index >= 15 is 0 Å². The Labute approximate surface area is 151 Å². The second kappa shape index (κ2) is 6.85. The molecule has 1 heterocycles. The predicted octanol–water partition coefficient (Wildman–Crippen LogP) is 4.24. The van der Waals surface area contributed by atoms with E-state index in [0.29, 0.717) is 10.9 Å². The largest absolute Gasteiger partial charge is 0.497 e. The summed E-state index contributed by atoms with van der Waals surface area (Å²) in [4.78, 5) is 4.58. The first-order chi connectivity index (χ1) is 11.9. The maximum absolute atomic E-state index is 12.5. The molecular weight excluding hydrogens is 356 g/mol. The average Bonchev–Trinajstić information content (AvgIpc) is 3.02. The van der Waals surface area contributed by atoms with Crippen LogP contribution in [0.1, 0.15) is 11.1 Å². The summed E-state index contributed by atoms with van der Waals surface area (Å²) < 4.78 is 32.5. The number of aryl methyl sites for hydroxylation is 2. The number of nitrogens with zero attached hydrogens (tertiary/aromatic N) is 1. The van der Waals surface area contributed by atoms with E-state index in [9.17, 15) is 8.42 Å². The number of hydrogen-bond acceptors (Lipinski definition) is 5. The van der Waals surface area contributed by atoms with Crippen LogP contribution in [0.5, 0.6) is 5.75 Å². The van der Waals surface area contributed by atoms with Gasteiger partial charge in [0.2, 0.25) is 0 Å². The molecular formula is C18H18N2O3S2. The van der Waals surface area contributed by atoms with Gasteiger partial charge in [-0.3, -0.25) is 4.72 Å². The SMILES string of the molecule is COc1ccc(S(=O)(=O)Nc2nc(-c3ccc(C)cc3C)cs2)cc1. The Morgan fingerprint density at radius 3 is 2.44 bits per heavy atom. The molecule has 0 saturated heterocycles. The summed E-state index contributed by atoms with van der Waals surface area (Å²) in [5, 5.41) is 2.19. The smallest absolute Gasteiger partial charge is 0.263 e. The van der Waals surface area contributed by atoms with Crippen molar-refractivity contribution >= 4 is 26.5 Å². The van der Waals surface area contributed by atoms with E-state index in [1.807, 2.05) is 31.4 Å². The van der Waals surface area contributed by atoms with Gasteiger partial charge in [-0.2, -0.15) is 0 Å². The first-order valence-corrected chi connectivity index (χ1v) is 9.95. The summed E-state index contributed by atoms with van der Waals surface area (Å²) in [6, 6.07) is 12.3. The number of nitrogens with one attached hydrogen (secondary N) is 1. The van der Waals surface area contributed by atoms with Crippen molar-refractivity contribution in [3.63, 3.8) is 0 Å². The standard InChI is InChI=1S/C18H18N2O3S2/c1-12-4-9-16(13(2)10-12)17-11-24-18(19-17)20-25(21,22)15-7-5-14(23-3)6-8-15/h4-11H,1-3H3,(H,19,20). The molecule has 0 amide bonds. The lowest BCUT2D eigenvalue weighted by Gasteiger charge is -2.06. The lowest BCUT2D eigenvalue weighted by Crippen LogP contribution is -2.12. The lowest BCUT2D eigenvalue weighted by atomic mass is 10.0. The van der Waals surface area contributed by atoms with E-state index in [-0.39, 0.29) is 4.90 Å². The van der Waals surface area contributed by atoms with Crippen molar-refractivity contribution in [2.45, 2.75) is 18.7 Å². The van der Waals surface area contributed by atoms with E-state index in [4.69, 9.17) is 4.74 Å². The highest BCUT2D eigenvalue weighted by atomic mass is 32.2. The van der Waals surface area contributed by atoms with Gasteiger partial charge >= 0.3 is 0 Å². The van der Waals surface area contributed by atoms with Crippen LogP contribution in [-0.4, -0.2) is 20.5 Å². The van der Waals surface area contributed by atoms with Crippen LogP contribution in [0.3, 0.4) is 0 Å². The molecule has 0 radical (unpaired) electrons. The Bertz CT molecular complexity index is 993. The lowest BCUT2D eigenvalue weighted by molar-refractivity contribution is 0.414. The second-order valence-electron chi connectivity index (χ2n) is 5.64. The normalized spacial score (nSPS) is 11.3. The van der Waals surface area contributed by atoms with Crippen molar-refractivity contribution in [1.29, 1.82) is 0 Å². The van der Waals surface area contributed by atoms with Crippen LogP contribution in [0.15, 0.2) is 52.7 Å². The highest BCUT2D eigenvalue weighted by Gasteiger charge is 2.17. The molecule has 3 aromatic rings. The molecule has 1 N–H and O–H groups in total. The Balaban J connectivity index is 1.84. The van der Waals surface area contributed by atoms with Crippen molar-refractivity contribution < 1.29 is 13.2 Å². The van der Waals surface area contributed by atoms with Crippen molar-refractivity contribution in [3.05, 3.63) is 59.0 Å². The Morgan fingerprint density at radius 1 is 1.08 bits per heavy atom. The van der Waals surface area contributed by atoms with E-state index in [1.165, 1.54) is 36.1 Å². The van der Waals surface area contributed by atoms with Gasteiger partial charge < -0.3 is 4.74 Å². The second-order valence-corrected chi connectivity index (χ2v) is 8.18. The molecule has 0 saturated carbocycles. The molecule has 2 aromatic carbocycles. The molecule has 0 unspecified atom stereocenters. The van der Waals surface area contributed by atoms with Crippen molar-refractivity contribution in [1.82, 2.24) is 4.98 Å². The molecule has 0 aliphatic rings. The number of sulfonamides is 1. The van der Waals surface area contributed by atoms with Crippen molar-refractivity contribution in [2.75, 3.05) is 11.8 Å². The topological polar surface area (TPSA) is 68.3 Å². The first-order valence-electron chi connectivity index (χ1n) is 7.59. The van der Waals surface area contributed by atoms with Gasteiger partial charge in [0, 0.05) is 10.9 Å². The average molecular weight is 374 g/mol. The number of methoxy groups -OCH3 is 1. The third-order valence-electron chi connectivity index (χ3n) is 3.75. The number of rotatable bonds is 5. The molecule has 0 spiro atoms. The minimum Gasteiger partial charge on any atom is -0.497 e. The van der Waals surface area contributed by atoms with Gasteiger partial charge in [-0.1, -0.05) is 23.8 Å². The number of anilines is 1. The minimum absolute atomic E-state index is 0.163. The first kappa shape index (κ1) is 17.4. The molecule has 0 bridgehead atoms. The van der Waals surface area contributed by atoms with Gasteiger partial charge in [0.25, 0.3) is 10.0 Å². The summed E-state index contributed by atoms with van der Waals surface area (Å²) in [5.74, 6) is 0.602. The molecule has 0 atom stereocenters. The van der Waals surface area contributed by atoms with Crippen molar-refractivity contribution in [2.24, 2.45) is 0 Å². The number of ether oxygens (including phenoxy) is 1. The van der Waals surface area contributed by atoms with E-state index in [1.54, 1.807) is 12.1 Å². The van der Waals surface area contributed by atoms with E-state index in [2.05, 4.69) is 15.8 Å². The molecule has 0 aliphatic carbocycles. The summed E-state index contributed by atoms with van der Waals surface area (Å²) in [6.07, 6.45) is 0. The number of benzene rings is 2. The van der Waals surface area contributed by atoms with Gasteiger partial charge in [-0.05, 0) is 43.7 Å². The zero-order chi connectivity index (χ0) is 18.0. The van der Waals surface area contributed by atoms with Gasteiger partial charge in [0.1, 0.15) is 5.75 Å². The molecule has 3 rings (SSSR count). The van der Waals surface area contributed by atoms with E-state index < -0.39 is 10.0 Å². The third-order valence-corrected chi connectivity index (χ3v) is 6.00. The summed E-state index contributed by atoms with van der Waals surface area (Å²) >= 11 is 1.26. The number of aromatic nitrogens is 1. The maximum Gasteiger partial charge on any atom is 0.263 e. The van der Waals surface area contributed by atoms with Crippen LogP contribution in [0.2, 0.25) is 0 Å². The molecule has 25 heavy (non-hydrogen) atoms. The van der Waals surface area contributed by atoms with Crippen LogP contribution < -0.4 is 9.46 Å². The van der Waals surface area contributed by atoms with Gasteiger partial charge in [-0.25, -0.2) is 13.4 Å². The van der Waals surface area contributed by atoms with Crippen LogP contribution in [0, 0.1) is 13.8 Å². The third kappa shape index (κ3) is 3.83. The highest BCUT2D eigenvalue weighted by molar-refractivity contribution is 7.93. The Hall–Kier alpha value is -2.38. The summed E-state index contributed by atoms with van der Waals surface area (Å²) in [6.45, 7) is 4.05. The molecule has 0 aliphatic heterocycles. The van der Waals surface area contributed by atoms with E-state index in [0.717, 1.165) is 16.8 Å². The molecule has 0 fully saturated rings. The maximum atomic E-state index is 12.5. The quantitative estimate of drug-likeness (QED) is 0.725. The zero-order valence-corrected chi connectivity index (χ0v) is 15.7. The van der Waals surface area contributed by atoms with Crippen LogP contribution in [-0.2, 0) is 10.0 Å². The van der Waals surface area contributed by atoms with Crippen LogP contribution >= 0.6 is 11.3 Å². The molecule has 1 aromatic heterocycles. The fourth-order valence-electron chi connectivity index (χ4n) is 2.47. The van der Waals surface area contributed by atoms with Gasteiger partial charge in [0.15, 0.2) is 5.13 Å². The Kier molecular flexibility index (Phi) is 4.78. The number of thiazole rings is 1. The van der Waals surface area contributed by atoms with Gasteiger partial charge in [0.05, 0.1) is 17.7 Å². The summed E-state index contributed by atoms with van der Waals surface area (Å²) in [5.41, 5.74) is 4.04. The predicted molar refractivity (Wildman–Crippen MR) is 101 cm³/mol. The summed E-state index contributed by atoms with van der Waals surface area (Å²) in [7, 11) is -2.15. The zero-order valence-electron chi connectivity index (χ0n) is 14.1. The Morgan fingerprint density at radius 2 is 1.80 bits per heavy atom. The molecule has 5 nitrogen and oxygen atoms in total. The monoisotopic (exact) mass is 374 g/mol. The van der Waals surface area contributed by atoms with Crippen LogP contribution in [0.25, 0.3) is 11.3 Å². The fraction of sp³-hybridized carbons (Fsp3) is 0.167. The minimum atomic E-state index is -3.68. The molecule has 7 heteroatoms. The fourth-order valence-corrected chi connectivity index (χ4v) is 4.44.